The number of hydrogen-bond donors (Lipinski definition) is 2. The summed E-state index contributed by atoms with van der Waals surface area (Å²) in [4.78, 5) is 6.25. The zero-order valence-electron chi connectivity index (χ0n) is 10.9. The molecule has 2 unspecified atom stereocenters. The van der Waals surface area contributed by atoms with E-state index in [2.05, 4.69) is 4.98 Å². The van der Waals surface area contributed by atoms with Crippen molar-refractivity contribution >= 4 is 11.1 Å². The molecule has 98 valence electrons. The van der Waals surface area contributed by atoms with Crippen LogP contribution in [0.15, 0.2) is 22.6 Å². The van der Waals surface area contributed by atoms with E-state index < -0.39 is 6.10 Å². The van der Waals surface area contributed by atoms with Crippen LogP contribution in [0, 0.1) is 6.92 Å². The summed E-state index contributed by atoms with van der Waals surface area (Å²) in [5.41, 5.74) is 8.11. The maximum atomic E-state index is 10.0. The molecule has 2 rings (SSSR count). The van der Waals surface area contributed by atoms with Crippen molar-refractivity contribution in [3.05, 3.63) is 29.7 Å². The first-order chi connectivity index (χ1) is 8.52. The lowest BCUT2D eigenvalue weighted by molar-refractivity contribution is 0.0824. The van der Waals surface area contributed by atoms with Gasteiger partial charge in [0.25, 0.3) is 0 Å². The van der Waals surface area contributed by atoms with E-state index in [1.54, 1.807) is 0 Å². The van der Waals surface area contributed by atoms with Crippen LogP contribution in [0.25, 0.3) is 11.1 Å². The van der Waals surface area contributed by atoms with Crippen molar-refractivity contribution in [1.82, 2.24) is 9.88 Å². The first-order valence-corrected chi connectivity index (χ1v) is 5.94. The number of oxazole rings is 1. The van der Waals surface area contributed by atoms with Crippen LogP contribution >= 0.6 is 0 Å². The number of likely N-dealkylation sites (N-methyl/N-ethyl adjacent to an activating group) is 1. The normalized spacial score (nSPS) is 15.2. The Labute approximate surface area is 106 Å². The Morgan fingerprint density at radius 3 is 2.78 bits per heavy atom. The second-order valence-corrected chi connectivity index (χ2v) is 4.67. The van der Waals surface area contributed by atoms with Crippen molar-refractivity contribution < 1.29 is 9.52 Å². The third-order valence-corrected chi connectivity index (χ3v) is 3.02. The topological polar surface area (TPSA) is 75.5 Å². The largest absolute Gasteiger partial charge is 0.441 e. The van der Waals surface area contributed by atoms with Crippen molar-refractivity contribution in [2.75, 3.05) is 20.6 Å². The molecule has 0 aliphatic carbocycles. The minimum atomic E-state index is -0.606. The van der Waals surface area contributed by atoms with E-state index in [0.29, 0.717) is 5.89 Å². The molecular weight excluding hydrogens is 230 g/mol. The minimum absolute atomic E-state index is 0.142. The van der Waals surface area contributed by atoms with Crippen LogP contribution < -0.4 is 5.73 Å². The Morgan fingerprint density at radius 1 is 1.44 bits per heavy atom. The summed E-state index contributed by atoms with van der Waals surface area (Å²) < 4.78 is 5.44. The number of nitrogens with two attached hydrogens (primary N) is 1. The number of aliphatic hydroxyl groups excluding tert-OH is 1. The minimum Gasteiger partial charge on any atom is -0.441 e. The van der Waals surface area contributed by atoms with Crippen LogP contribution in [0.1, 0.15) is 17.5 Å². The number of hydrogen-bond acceptors (Lipinski definition) is 5. The number of aromatic nitrogens is 1. The van der Waals surface area contributed by atoms with Crippen molar-refractivity contribution in [3.8, 4) is 0 Å². The van der Waals surface area contributed by atoms with Gasteiger partial charge in [0.1, 0.15) is 5.52 Å². The van der Waals surface area contributed by atoms with E-state index in [-0.39, 0.29) is 12.6 Å². The average Bonchev–Trinajstić information content (AvgIpc) is 2.68. The van der Waals surface area contributed by atoms with Crippen LogP contribution in [-0.2, 0) is 0 Å². The van der Waals surface area contributed by atoms with Crippen LogP contribution in [0.2, 0.25) is 0 Å². The average molecular weight is 249 g/mol. The lowest BCUT2D eigenvalue weighted by Crippen LogP contribution is -2.36. The molecule has 2 aromatic rings. The fourth-order valence-corrected chi connectivity index (χ4v) is 2.24. The highest BCUT2D eigenvalue weighted by Gasteiger charge is 2.22. The second-order valence-electron chi connectivity index (χ2n) is 4.67. The van der Waals surface area contributed by atoms with Gasteiger partial charge in [-0.2, -0.15) is 0 Å². The highest BCUT2D eigenvalue weighted by atomic mass is 16.3. The standard InChI is InChI=1S/C13H19N3O2/c1-8-15-10-6-9(4-5-12(10)18-8)13(16(2)3)11(17)7-14/h4-6,11,13,17H,7,14H2,1-3H3. The fourth-order valence-electron chi connectivity index (χ4n) is 2.24. The van der Waals surface area contributed by atoms with Gasteiger partial charge in [0, 0.05) is 13.5 Å². The molecule has 0 radical (unpaired) electrons. The van der Waals surface area contributed by atoms with Crippen molar-refractivity contribution in [3.63, 3.8) is 0 Å². The Kier molecular flexibility index (Phi) is 3.65. The Bertz CT molecular complexity index is 536. The SMILES string of the molecule is Cc1nc2cc(C(C(O)CN)N(C)C)ccc2o1. The van der Waals surface area contributed by atoms with E-state index in [1.807, 2.05) is 44.1 Å². The van der Waals surface area contributed by atoms with Crippen LogP contribution in [0.5, 0.6) is 0 Å². The monoisotopic (exact) mass is 249 g/mol. The van der Waals surface area contributed by atoms with E-state index in [1.165, 1.54) is 0 Å². The summed E-state index contributed by atoms with van der Waals surface area (Å²) >= 11 is 0. The lowest BCUT2D eigenvalue weighted by Gasteiger charge is -2.28. The predicted molar refractivity (Wildman–Crippen MR) is 70.2 cm³/mol. The molecule has 1 heterocycles. The molecular formula is C13H19N3O2. The van der Waals surface area contributed by atoms with Gasteiger partial charge in [-0.15, -0.1) is 0 Å². The zero-order valence-corrected chi connectivity index (χ0v) is 10.9. The molecule has 2 atom stereocenters. The van der Waals surface area contributed by atoms with Crippen LogP contribution in [-0.4, -0.2) is 41.7 Å². The third kappa shape index (κ3) is 2.38. The zero-order chi connectivity index (χ0) is 13.3. The van der Waals surface area contributed by atoms with Gasteiger partial charge >= 0.3 is 0 Å². The molecule has 1 aromatic carbocycles. The van der Waals surface area contributed by atoms with Gasteiger partial charge in [0.05, 0.1) is 12.1 Å². The van der Waals surface area contributed by atoms with Crippen molar-refractivity contribution in [2.45, 2.75) is 19.1 Å². The molecule has 1 aromatic heterocycles. The maximum Gasteiger partial charge on any atom is 0.192 e. The summed E-state index contributed by atoms with van der Waals surface area (Å²) in [5.74, 6) is 0.642. The second kappa shape index (κ2) is 5.06. The number of fused-ring (bicyclic) bond motifs is 1. The summed E-state index contributed by atoms with van der Waals surface area (Å²) in [6, 6.07) is 5.62. The molecule has 0 aliphatic rings. The molecule has 0 spiro atoms. The molecule has 3 N–H and O–H groups in total. The molecule has 5 heteroatoms. The van der Waals surface area contributed by atoms with Gasteiger partial charge in [-0.3, -0.25) is 0 Å². The van der Waals surface area contributed by atoms with Gasteiger partial charge < -0.3 is 20.2 Å². The Hall–Kier alpha value is -1.43. The highest BCUT2D eigenvalue weighted by molar-refractivity contribution is 5.73. The number of rotatable bonds is 4. The smallest absolute Gasteiger partial charge is 0.192 e. The van der Waals surface area contributed by atoms with E-state index >= 15 is 0 Å². The molecule has 0 aliphatic heterocycles. The lowest BCUT2D eigenvalue weighted by atomic mass is 10.00. The Balaban J connectivity index is 2.43. The molecule has 0 bridgehead atoms. The summed E-state index contributed by atoms with van der Waals surface area (Å²) in [6.45, 7) is 2.04. The van der Waals surface area contributed by atoms with Crippen LogP contribution in [0.4, 0.5) is 0 Å². The summed E-state index contributed by atoms with van der Waals surface area (Å²) in [5, 5.41) is 10.0. The Morgan fingerprint density at radius 2 is 2.17 bits per heavy atom. The van der Waals surface area contributed by atoms with Crippen molar-refractivity contribution in [1.29, 1.82) is 0 Å². The first kappa shape index (κ1) is 13.0. The van der Waals surface area contributed by atoms with Gasteiger partial charge in [0.2, 0.25) is 0 Å². The van der Waals surface area contributed by atoms with Gasteiger partial charge in [-0.25, -0.2) is 4.98 Å². The highest BCUT2D eigenvalue weighted by Crippen LogP contribution is 2.25. The quantitative estimate of drug-likeness (QED) is 0.847. The fraction of sp³-hybridized carbons (Fsp3) is 0.462. The molecule has 0 fully saturated rings. The summed E-state index contributed by atoms with van der Waals surface area (Å²) in [6.07, 6.45) is -0.606. The van der Waals surface area contributed by atoms with Crippen molar-refractivity contribution in [2.24, 2.45) is 5.73 Å². The van der Waals surface area contributed by atoms with Gasteiger partial charge in [0.15, 0.2) is 11.5 Å². The molecule has 0 saturated carbocycles. The van der Waals surface area contributed by atoms with Gasteiger partial charge in [-0.05, 0) is 31.8 Å². The number of benzene rings is 1. The van der Waals surface area contributed by atoms with E-state index in [4.69, 9.17) is 10.2 Å². The predicted octanol–water partition coefficient (Wildman–Crippen LogP) is 1.06. The number of aryl methyl sites for hydroxylation is 1. The van der Waals surface area contributed by atoms with E-state index in [9.17, 15) is 5.11 Å². The number of aliphatic hydroxyl groups is 1. The summed E-state index contributed by atoms with van der Waals surface area (Å²) in [7, 11) is 3.84. The third-order valence-electron chi connectivity index (χ3n) is 3.02. The first-order valence-electron chi connectivity index (χ1n) is 5.94. The van der Waals surface area contributed by atoms with E-state index in [0.717, 1.165) is 16.7 Å². The number of nitrogens with zero attached hydrogens (tertiary/aromatic N) is 2. The van der Waals surface area contributed by atoms with Crippen LogP contribution in [0.3, 0.4) is 0 Å². The molecule has 18 heavy (non-hydrogen) atoms. The molecule has 5 nitrogen and oxygen atoms in total. The molecule has 0 amide bonds. The van der Waals surface area contributed by atoms with Gasteiger partial charge in [-0.1, -0.05) is 6.07 Å². The molecule has 0 saturated heterocycles. The maximum absolute atomic E-state index is 10.0.